The van der Waals surface area contributed by atoms with Gasteiger partial charge in [-0.1, -0.05) is 12.1 Å². The normalized spacial score (nSPS) is 18.9. The number of nitrogens with zero attached hydrogens (tertiary/aromatic N) is 2. The van der Waals surface area contributed by atoms with E-state index in [-0.39, 0.29) is 5.91 Å². The summed E-state index contributed by atoms with van der Waals surface area (Å²) in [6, 6.07) is 8.97. The summed E-state index contributed by atoms with van der Waals surface area (Å²) >= 11 is 0. The number of aryl methyl sites for hydroxylation is 1. The Morgan fingerprint density at radius 1 is 1.36 bits per heavy atom. The third-order valence-corrected chi connectivity index (χ3v) is 4.59. The minimum absolute atomic E-state index is 0.0734. The van der Waals surface area contributed by atoms with Crippen LogP contribution in [0.15, 0.2) is 30.5 Å². The summed E-state index contributed by atoms with van der Waals surface area (Å²) in [7, 11) is 0. The van der Waals surface area contributed by atoms with Crippen LogP contribution in [0.1, 0.15) is 25.8 Å². The van der Waals surface area contributed by atoms with Crippen LogP contribution in [-0.4, -0.2) is 35.0 Å². The molecular formula is C18H25N3O. The predicted octanol–water partition coefficient (Wildman–Crippen LogP) is 2.62. The van der Waals surface area contributed by atoms with Gasteiger partial charge in [-0.3, -0.25) is 9.69 Å². The Kier molecular flexibility index (Phi) is 4.48. The maximum Gasteiger partial charge on any atom is 0.216 e. The van der Waals surface area contributed by atoms with E-state index < -0.39 is 0 Å². The molecular weight excluding hydrogens is 274 g/mol. The van der Waals surface area contributed by atoms with E-state index in [1.165, 1.54) is 22.9 Å². The molecule has 1 saturated heterocycles. The summed E-state index contributed by atoms with van der Waals surface area (Å²) in [4.78, 5) is 13.5. The summed E-state index contributed by atoms with van der Waals surface area (Å²) in [5, 5.41) is 4.25. The van der Waals surface area contributed by atoms with Gasteiger partial charge < -0.3 is 9.88 Å². The molecule has 1 fully saturated rings. The lowest BCUT2D eigenvalue weighted by Crippen LogP contribution is -2.29. The van der Waals surface area contributed by atoms with E-state index in [9.17, 15) is 4.79 Å². The van der Waals surface area contributed by atoms with Gasteiger partial charge in [0.25, 0.3) is 0 Å². The third kappa shape index (κ3) is 3.33. The lowest BCUT2D eigenvalue weighted by molar-refractivity contribution is -0.119. The highest BCUT2D eigenvalue weighted by molar-refractivity contribution is 5.80. The maximum atomic E-state index is 11.0. The van der Waals surface area contributed by atoms with Crippen molar-refractivity contribution in [3.05, 3.63) is 36.0 Å². The lowest BCUT2D eigenvalue weighted by Gasteiger charge is -2.16. The van der Waals surface area contributed by atoms with E-state index in [0.717, 1.165) is 32.7 Å². The molecule has 1 atom stereocenters. The van der Waals surface area contributed by atoms with Crippen LogP contribution in [0.2, 0.25) is 0 Å². The fraction of sp³-hybridized carbons (Fsp3) is 0.500. The van der Waals surface area contributed by atoms with Gasteiger partial charge in [0, 0.05) is 44.8 Å². The first kappa shape index (κ1) is 15.1. The molecule has 2 aromatic rings. The summed E-state index contributed by atoms with van der Waals surface area (Å²) in [5.41, 5.74) is 2.70. The van der Waals surface area contributed by atoms with Crippen LogP contribution in [0.4, 0.5) is 0 Å². The fourth-order valence-electron chi connectivity index (χ4n) is 3.37. The van der Waals surface area contributed by atoms with Crippen molar-refractivity contribution < 1.29 is 4.79 Å². The summed E-state index contributed by atoms with van der Waals surface area (Å²) in [6.07, 6.45) is 3.33. The van der Waals surface area contributed by atoms with Gasteiger partial charge in [-0.25, -0.2) is 0 Å². The molecule has 1 N–H and O–H groups in total. The zero-order valence-corrected chi connectivity index (χ0v) is 13.5. The number of hydrogen-bond acceptors (Lipinski definition) is 2. The number of carbonyl (C=O) groups excluding carboxylic acids is 1. The van der Waals surface area contributed by atoms with E-state index >= 15 is 0 Å². The van der Waals surface area contributed by atoms with Crippen molar-refractivity contribution in [3.63, 3.8) is 0 Å². The quantitative estimate of drug-likeness (QED) is 0.921. The SMILES string of the molecule is CCn1ccc2ccc(CN3CC[C@@H](CNC(C)=O)C3)cc21. The number of amides is 1. The molecule has 1 aliphatic heterocycles. The molecule has 0 bridgehead atoms. The van der Waals surface area contributed by atoms with Crippen LogP contribution < -0.4 is 5.32 Å². The van der Waals surface area contributed by atoms with Gasteiger partial charge in [-0.2, -0.15) is 0 Å². The smallest absolute Gasteiger partial charge is 0.216 e. The van der Waals surface area contributed by atoms with Crippen LogP contribution in [0.5, 0.6) is 0 Å². The number of fused-ring (bicyclic) bond motifs is 1. The molecule has 3 rings (SSSR count). The summed E-state index contributed by atoms with van der Waals surface area (Å²) in [5.74, 6) is 0.663. The molecule has 0 unspecified atom stereocenters. The first-order valence-corrected chi connectivity index (χ1v) is 8.20. The van der Waals surface area contributed by atoms with Gasteiger partial charge in [0.2, 0.25) is 5.91 Å². The number of hydrogen-bond donors (Lipinski definition) is 1. The van der Waals surface area contributed by atoms with Crippen molar-refractivity contribution in [1.29, 1.82) is 0 Å². The van der Waals surface area contributed by atoms with Crippen molar-refractivity contribution in [1.82, 2.24) is 14.8 Å². The molecule has 1 aliphatic rings. The summed E-state index contributed by atoms with van der Waals surface area (Å²) < 4.78 is 2.29. The predicted molar refractivity (Wildman–Crippen MR) is 89.7 cm³/mol. The first-order valence-electron chi connectivity index (χ1n) is 8.20. The standard InChI is InChI=1S/C18H25N3O/c1-3-21-9-7-17-5-4-15(10-18(17)21)12-20-8-6-16(13-20)11-19-14(2)22/h4-5,7,9-10,16H,3,6,8,11-13H2,1-2H3,(H,19,22)/t16-/m0/s1. The van der Waals surface area contributed by atoms with E-state index in [2.05, 4.69) is 52.2 Å². The largest absolute Gasteiger partial charge is 0.356 e. The van der Waals surface area contributed by atoms with Crippen molar-refractivity contribution in [3.8, 4) is 0 Å². The zero-order chi connectivity index (χ0) is 15.5. The van der Waals surface area contributed by atoms with Gasteiger partial charge in [0.15, 0.2) is 0 Å². The number of nitrogens with one attached hydrogen (secondary N) is 1. The minimum atomic E-state index is 0.0734. The van der Waals surface area contributed by atoms with Crippen LogP contribution in [-0.2, 0) is 17.9 Å². The number of likely N-dealkylation sites (tertiary alicyclic amines) is 1. The number of rotatable bonds is 5. The average molecular weight is 299 g/mol. The Morgan fingerprint density at radius 2 is 2.23 bits per heavy atom. The van der Waals surface area contributed by atoms with Gasteiger partial charge in [-0.15, -0.1) is 0 Å². The molecule has 22 heavy (non-hydrogen) atoms. The number of carbonyl (C=O) groups is 1. The Hall–Kier alpha value is -1.81. The van der Waals surface area contributed by atoms with Crippen molar-refractivity contribution in [2.75, 3.05) is 19.6 Å². The molecule has 4 heteroatoms. The molecule has 1 amide bonds. The van der Waals surface area contributed by atoms with Crippen molar-refractivity contribution in [2.45, 2.75) is 33.4 Å². The molecule has 0 saturated carbocycles. The topological polar surface area (TPSA) is 37.3 Å². The molecule has 118 valence electrons. The van der Waals surface area contributed by atoms with E-state index in [1.54, 1.807) is 6.92 Å². The fourth-order valence-corrected chi connectivity index (χ4v) is 3.37. The van der Waals surface area contributed by atoms with E-state index in [4.69, 9.17) is 0 Å². The van der Waals surface area contributed by atoms with Crippen molar-refractivity contribution in [2.24, 2.45) is 5.92 Å². The third-order valence-electron chi connectivity index (χ3n) is 4.59. The molecule has 0 spiro atoms. The molecule has 1 aromatic carbocycles. The number of benzene rings is 1. The highest BCUT2D eigenvalue weighted by Gasteiger charge is 2.22. The zero-order valence-electron chi connectivity index (χ0n) is 13.5. The van der Waals surface area contributed by atoms with Crippen LogP contribution in [0.3, 0.4) is 0 Å². The molecule has 0 aliphatic carbocycles. The molecule has 1 aromatic heterocycles. The Bertz CT molecular complexity index is 661. The van der Waals surface area contributed by atoms with Gasteiger partial charge in [0.1, 0.15) is 0 Å². The maximum absolute atomic E-state index is 11.0. The Balaban J connectivity index is 1.62. The monoisotopic (exact) mass is 299 g/mol. The van der Waals surface area contributed by atoms with Crippen LogP contribution in [0.25, 0.3) is 10.9 Å². The van der Waals surface area contributed by atoms with Gasteiger partial charge >= 0.3 is 0 Å². The van der Waals surface area contributed by atoms with E-state index in [0.29, 0.717) is 5.92 Å². The number of aromatic nitrogens is 1. The first-order chi connectivity index (χ1) is 10.7. The Morgan fingerprint density at radius 3 is 3.00 bits per heavy atom. The minimum Gasteiger partial charge on any atom is -0.356 e. The van der Waals surface area contributed by atoms with E-state index in [1.807, 2.05) is 0 Å². The van der Waals surface area contributed by atoms with Crippen molar-refractivity contribution >= 4 is 16.8 Å². The summed E-state index contributed by atoms with van der Waals surface area (Å²) in [6.45, 7) is 8.79. The van der Waals surface area contributed by atoms with Crippen LogP contribution in [0, 0.1) is 5.92 Å². The molecule has 0 radical (unpaired) electrons. The second kappa shape index (κ2) is 6.53. The van der Waals surface area contributed by atoms with Gasteiger partial charge in [-0.05, 0) is 48.9 Å². The average Bonchev–Trinajstić information content (AvgIpc) is 3.11. The molecule has 2 heterocycles. The van der Waals surface area contributed by atoms with Crippen LogP contribution >= 0.6 is 0 Å². The molecule has 4 nitrogen and oxygen atoms in total. The highest BCUT2D eigenvalue weighted by Crippen LogP contribution is 2.22. The lowest BCUT2D eigenvalue weighted by atomic mass is 10.1. The second-order valence-electron chi connectivity index (χ2n) is 6.32. The Labute approximate surface area is 132 Å². The highest BCUT2D eigenvalue weighted by atomic mass is 16.1. The second-order valence-corrected chi connectivity index (χ2v) is 6.32. The van der Waals surface area contributed by atoms with Gasteiger partial charge in [0.05, 0.1) is 0 Å².